The highest BCUT2D eigenvalue weighted by Crippen LogP contribution is 2.46. The third-order valence-electron chi connectivity index (χ3n) is 11.9. The first-order chi connectivity index (χ1) is 28.5. The molecular formula is C54H39N3O. The van der Waals surface area contributed by atoms with E-state index in [0.717, 1.165) is 66.5 Å². The van der Waals surface area contributed by atoms with E-state index in [-0.39, 0.29) is 5.41 Å². The first-order valence-electron chi connectivity index (χ1n) is 19.9. The average Bonchev–Trinajstić information content (AvgIpc) is 3.88. The zero-order valence-electron chi connectivity index (χ0n) is 32.3. The minimum absolute atomic E-state index is 0.230. The summed E-state index contributed by atoms with van der Waals surface area (Å²) in [4.78, 5) is 7.41. The van der Waals surface area contributed by atoms with E-state index < -0.39 is 0 Å². The van der Waals surface area contributed by atoms with Gasteiger partial charge in [0.1, 0.15) is 5.52 Å². The fourth-order valence-corrected chi connectivity index (χ4v) is 8.88. The van der Waals surface area contributed by atoms with Crippen LogP contribution in [-0.2, 0) is 5.41 Å². The molecule has 2 heterocycles. The summed E-state index contributed by atoms with van der Waals surface area (Å²) in [6, 6.07) is 71.7. The Labute approximate surface area is 336 Å². The third-order valence-corrected chi connectivity index (χ3v) is 11.9. The van der Waals surface area contributed by atoms with Crippen molar-refractivity contribution in [2.75, 3.05) is 4.90 Å². The number of para-hydroxylation sites is 2. The van der Waals surface area contributed by atoms with Crippen molar-refractivity contribution in [2.24, 2.45) is 0 Å². The number of fused-ring (bicyclic) bond motifs is 8. The van der Waals surface area contributed by atoms with Gasteiger partial charge in [-0.2, -0.15) is 0 Å². The molecule has 2 aromatic heterocycles. The van der Waals surface area contributed by atoms with Gasteiger partial charge in [-0.3, -0.25) is 0 Å². The quantitative estimate of drug-likeness (QED) is 0.152. The molecule has 0 aliphatic heterocycles. The molecule has 4 heteroatoms. The smallest absolute Gasteiger partial charge is 0.227 e. The zero-order chi connectivity index (χ0) is 38.8. The van der Waals surface area contributed by atoms with Gasteiger partial charge < -0.3 is 13.9 Å². The lowest BCUT2D eigenvalue weighted by Crippen LogP contribution is -2.19. The van der Waals surface area contributed by atoms with Crippen molar-refractivity contribution in [1.29, 1.82) is 0 Å². The van der Waals surface area contributed by atoms with Crippen molar-refractivity contribution in [1.82, 2.24) is 9.55 Å². The van der Waals surface area contributed by atoms with Crippen molar-refractivity contribution in [3.8, 4) is 17.1 Å². The molecule has 11 aromatic rings. The Balaban J connectivity index is 1.20. The Morgan fingerprint density at radius 3 is 1.97 bits per heavy atom. The van der Waals surface area contributed by atoms with Gasteiger partial charge >= 0.3 is 0 Å². The normalized spacial score (nSPS) is 12.0. The molecule has 0 saturated heterocycles. The summed E-state index contributed by atoms with van der Waals surface area (Å²) in [7, 11) is 0. The molecule has 11 rings (SSSR count). The van der Waals surface area contributed by atoms with E-state index in [9.17, 15) is 0 Å². The van der Waals surface area contributed by atoms with Crippen LogP contribution in [0.5, 0.6) is 0 Å². The van der Waals surface area contributed by atoms with Crippen LogP contribution in [0.15, 0.2) is 205 Å². The second-order valence-corrected chi connectivity index (χ2v) is 15.6. The molecular weight excluding hydrogens is 707 g/mol. The van der Waals surface area contributed by atoms with E-state index in [1.54, 1.807) is 0 Å². The fourth-order valence-electron chi connectivity index (χ4n) is 8.88. The molecule has 58 heavy (non-hydrogen) atoms. The average molecular weight is 746 g/mol. The Morgan fingerprint density at radius 1 is 0.500 bits per heavy atom. The first kappa shape index (κ1) is 33.9. The number of rotatable bonds is 7. The Bertz CT molecular complexity index is 3310. The summed E-state index contributed by atoms with van der Waals surface area (Å²) in [5.41, 5.74) is 11.6. The maximum Gasteiger partial charge on any atom is 0.227 e. The van der Waals surface area contributed by atoms with Gasteiger partial charge in [0.15, 0.2) is 5.58 Å². The summed E-state index contributed by atoms with van der Waals surface area (Å²) in [6.07, 6.45) is 0. The van der Waals surface area contributed by atoms with Crippen molar-refractivity contribution >= 4 is 71.5 Å². The molecule has 0 aliphatic rings. The van der Waals surface area contributed by atoms with Gasteiger partial charge in [-0.15, -0.1) is 0 Å². The zero-order valence-corrected chi connectivity index (χ0v) is 32.3. The number of aromatic nitrogens is 2. The third kappa shape index (κ3) is 5.41. The maximum absolute atomic E-state index is 6.66. The highest BCUT2D eigenvalue weighted by atomic mass is 16.3. The number of benzene rings is 9. The van der Waals surface area contributed by atoms with Crippen LogP contribution in [0, 0.1) is 0 Å². The van der Waals surface area contributed by atoms with E-state index in [4.69, 9.17) is 9.40 Å². The summed E-state index contributed by atoms with van der Waals surface area (Å²) >= 11 is 0. The molecule has 0 aliphatic carbocycles. The fraction of sp³-hybridized carbons (Fsp3) is 0.0556. The highest BCUT2D eigenvalue weighted by Gasteiger charge is 2.26. The summed E-state index contributed by atoms with van der Waals surface area (Å²) in [5, 5.41) is 6.81. The van der Waals surface area contributed by atoms with Gasteiger partial charge in [-0.05, 0) is 100 Å². The first-order valence-corrected chi connectivity index (χ1v) is 19.9. The minimum atomic E-state index is -0.230. The number of oxazole rings is 1. The van der Waals surface area contributed by atoms with Crippen LogP contribution < -0.4 is 4.90 Å². The maximum atomic E-state index is 6.66. The van der Waals surface area contributed by atoms with Crippen LogP contribution in [0.2, 0.25) is 0 Å². The largest absolute Gasteiger partial charge is 0.435 e. The molecule has 0 fully saturated rings. The molecule has 0 N–H and O–H groups in total. The second-order valence-electron chi connectivity index (χ2n) is 15.6. The molecule has 276 valence electrons. The standard InChI is InChI=1S/C54H39N3O/c1-54(2,39-18-8-4-9-19-39)40-20-14-23-42(34-40)56(48-26-15-27-49-51(48)44-24-12-13-25-47(44)57(49)41-21-10-5-11-22-41)43-32-30-36-28-29-37-31-33-46-52(50(37)45(36)35-43)58-53(55-46)38-16-6-3-7-17-38/h3-35H,1-2H3. The van der Waals surface area contributed by atoms with Crippen LogP contribution in [0.4, 0.5) is 17.1 Å². The van der Waals surface area contributed by atoms with Crippen LogP contribution >= 0.6 is 0 Å². The summed E-state index contributed by atoms with van der Waals surface area (Å²) in [5.74, 6) is 0.622. The monoisotopic (exact) mass is 745 g/mol. The topological polar surface area (TPSA) is 34.2 Å². The van der Waals surface area contributed by atoms with E-state index in [0.29, 0.717) is 5.89 Å². The van der Waals surface area contributed by atoms with Crippen LogP contribution in [-0.4, -0.2) is 9.55 Å². The molecule has 0 spiro atoms. The molecule has 0 amide bonds. The number of nitrogens with zero attached hydrogens (tertiary/aromatic N) is 3. The van der Waals surface area contributed by atoms with Crippen molar-refractivity contribution in [3.05, 3.63) is 211 Å². The van der Waals surface area contributed by atoms with Gasteiger partial charge in [0.05, 0.1) is 16.7 Å². The lowest BCUT2D eigenvalue weighted by Gasteiger charge is -2.30. The molecule has 0 unspecified atom stereocenters. The van der Waals surface area contributed by atoms with Gasteiger partial charge in [-0.1, -0.05) is 141 Å². The summed E-state index contributed by atoms with van der Waals surface area (Å²) in [6.45, 7) is 4.63. The number of hydrogen-bond acceptors (Lipinski definition) is 3. The number of hydrogen-bond donors (Lipinski definition) is 0. The van der Waals surface area contributed by atoms with Crippen molar-refractivity contribution in [2.45, 2.75) is 19.3 Å². The molecule has 4 nitrogen and oxygen atoms in total. The second kappa shape index (κ2) is 13.4. The molecule has 0 radical (unpaired) electrons. The lowest BCUT2D eigenvalue weighted by atomic mass is 9.78. The van der Waals surface area contributed by atoms with Crippen LogP contribution in [0.25, 0.3) is 71.6 Å². The number of anilines is 3. The van der Waals surface area contributed by atoms with Crippen molar-refractivity contribution in [3.63, 3.8) is 0 Å². The van der Waals surface area contributed by atoms with Gasteiger partial charge in [0.25, 0.3) is 0 Å². The van der Waals surface area contributed by atoms with Gasteiger partial charge in [-0.25, -0.2) is 4.98 Å². The van der Waals surface area contributed by atoms with E-state index in [1.165, 1.54) is 27.4 Å². The van der Waals surface area contributed by atoms with Crippen molar-refractivity contribution < 1.29 is 4.42 Å². The van der Waals surface area contributed by atoms with E-state index >= 15 is 0 Å². The van der Waals surface area contributed by atoms with E-state index in [1.807, 2.05) is 30.3 Å². The highest BCUT2D eigenvalue weighted by molar-refractivity contribution is 6.20. The Kier molecular flexibility index (Phi) is 7.80. The molecule has 0 saturated carbocycles. The van der Waals surface area contributed by atoms with Crippen LogP contribution in [0.1, 0.15) is 25.0 Å². The predicted molar refractivity (Wildman–Crippen MR) is 242 cm³/mol. The van der Waals surface area contributed by atoms with Crippen LogP contribution in [0.3, 0.4) is 0 Å². The Hall–Kier alpha value is -7.43. The molecule has 0 bridgehead atoms. The van der Waals surface area contributed by atoms with Gasteiger partial charge in [0, 0.05) is 44.2 Å². The predicted octanol–water partition coefficient (Wildman–Crippen LogP) is 14.7. The molecule has 0 atom stereocenters. The van der Waals surface area contributed by atoms with Gasteiger partial charge in [0.2, 0.25) is 5.89 Å². The summed E-state index contributed by atoms with van der Waals surface area (Å²) < 4.78 is 9.05. The molecule has 9 aromatic carbocycles. The Morgan fingerprint density at radius 2 is 1.14 bits per heavy atom. The van der Waals surface area contributed by atoms with E-state index in [2.05, 4.69) is 193 Å². The SMILES string of the molecule is CC(C)(c1ccccc1)c1cccc(N(c2ccc3ccc4ccc5nc(-c6ccccc6)oc5c4c3c2)c2cccc3c2c2ccccc2n3-c2ccccc2)c1. The lowest BCUT2D eigenvalue weighted by molar-refractivity contribution is 0.623. The minimum Gasteiger partial charge on any atom is -0.435 e.